The molecular formula is C19H21N3O3S. The van der Waals surface area contributed by atoms with E-state index in [4.69, 9.17) is 4.74 Å². The van der Waals surface area contributed by atoms with E-state index in [9.17, 15) is 9.59 Å². The minimum absolute atomic E-state index is 0.0522. The molecule has 6 nitrogen and oxygen atoms in total. The summed E-state index contributed by atoms with van der Waals surface area (Å²) in [4.78, 5) is 32.5. The third kappa shape index (κ3) is 3.37. The summed E-state index contributed by atoms with van der Waals surface area (Å²) in [5.74, 6) is -0.246. The Morgan fingerprint density at radius 2 is 2.27 bits per heavy atom. The number of thiophene rings is 1. The van der Waals surface area contributed by atoms with Gasteiger partial charge in [-0.3, -0.25) is 14.6 Å². The number of carbonyl (C=O) groups is 2. The van der Waals surface area contributed by atoms with Crippen LogP contribution in [-0.4, -0.2) is 40.5 Å². The van der Waals surface area contributed by atoms with Crippen LogP contribution in [0.2, 0.25) is 0 Å². The van der Waals surface area contributed by atoms with E-state index < -0.39 is 12.1 Å². The molecule has 1 aliphatic heterocycles. The number of aryl methyl sites for hydroxylation is 1. The number of hydrogen-bond acceptors (Lipinski definition) is 5. The summed E-state index contributed by atoms with van der Waals surface area (Å²) in [7, 11) is 0. The van der Waals surface area contributed by atoms with Crippen LogP contribution in [0.25, 0.3) is 0 Å². The molecule has 2 amide bonds. The molecule has 2 aromatic heterocycles. The number of amides is 2. The second-order valence-corrected chi connectivity index (χ2v) is 7.74. The van der Waals surface area contributed by atoms with E-state index in [0.29, 0.717) is 6.54 Å². The van der Waals surface area contributed by atoms with Gasteiger partial charge in [-0.1, -0.05) is 6.07 Å². The Hall–Kier alpha value is -2.25. The van der Waals surface area contributed by atoms with Crippen molar-refractivity contribution in [1.82, 2.24) is 15.2 Å². The number of pyridine rings is 1. The molecular weight excluding hydrogens is 350 g/mol. The summed E-state index contributed by atoms with van der Waals surface area (Å²) in [6.45, 7) is 2.45. The van der Waals surface area contributed by atoms with Crippen LogP contribution in [0.3, 0.4) is 0 Å². The van der Waals surface area contributed by atoms with E-state index >= 15 is 0 Å². The number of rotatable bonds is 5. The first-order valence-corrected chi connectivity index (χ1v) is 9.66. The van der Waals surface area contributed by atoms with Crippen molar-refractivity contribution in [3.8, 4) is 0 Å². The van der Waals surface area contributed by atoms with Gasteiger partial charge in [-0.05, 0) is 48.4 Å². The zero-order valence-electron chi connectivity index (χ0n) is 14.6. The van der Waals surface area contributed by atoms with Gasteiger partial charge >= 0.3 is 0 Å². The first kappa shape index (κ1) is 17.2. The molecule has 2 fully saturated rings. The summed E-state index contributed by atoms with van der Waals surface area (Å²) >= 11 is 1.62. The molecule has 1 N–H and O–H groups in total. The van der Waals surface area contributed by atoms with E-state index in [1.54, 1.807) is 23.7 Å². The number of nitrogens with one attached hydrogen (secondary N) is 1. The van der Waals surface area contributed by atoms with E-state index in [1.165, 1.54) is 5.56 Å². The number of aromatic nitrogens is 1. The van der Waals surface area contributed by atoms with Crippen LogP contribution >= 0.6 is 11.3 Å². The highest BCUT2D eigenvalue weighted by molar-refractivity contribution is 7.10. The van der Waals surface area contributed by atoms with E-state index in [0.717, 1.165) is 23.3 Å². The molecule has 2 atom stereocenters. The molecule has 1 saturated carbocycles. The number of hydrogen-bond donors (Lipinski definition) is 1. The maximum Gasteiger partial charge on any atom is 0.251 e. The van der Waals surface area contributed by atoms with Crippen LogP contribution in [-0.2, 0) is 20.9 Å². The Balaban J connectivity index is 1.57. The third-order valence-corrected chi connectivity index (χ3v) is 5.90. The Morgan fingerprint density at radius 3 is 2.92 bits per heavy atom. The van der Waals surface area contributed by atoms with Crippen LogP contribution in [0.15, 0.2) is 36.0 Å². The molecule has 26 heavy (non-hydrogen) atoms. The molecule has 2 aromatic rings. The quantitative estimate of drug-likeness (QED) is 0.875. The normalized spacial score (nSPS) is 23.1. The number of ether oxygens (including phenoxy) is 1. The smallest absolute Gasteiger partial charge is 0.251 e. The van der Waals surface area contributed by atoms with Crippen LogP contribution in [0.5, 0.6) is 0 Å². The maximum absolute atomic E-state index is 12.9. The van der Waals surface area contributed by atoms with Gasteiger partial charge in [0.25, 0.3) is 5.91 Å². The van der Waals surface area contributed by atoms with Gasteiger partial charge in [-0.2, -0.15) is 0 Å². The third-order valence-electron chi connectivity index (χ3n) is 4.88. The molecule has 0 spiro atoms. The van der Waals surface area contributed by atoms with Gasteiger partial charge in [0.1, 0.15) is 6.61 Å². The summed E-state index contributed by atoms with van der Waals surface area (Å²) in [5.41, 5.74) is 2.00. The standard InChI is InChI=1S/C19H21N3O3S/c1-12-6-8-26-15(12)10-21-19(24)18-17(13-3-2-7-20-9-13)22(14-4-5-14)16(23)11-25-18/h2-3,6-9,14,17-18H,4-5,10-11H2,1H3,(H,21,24)/t17-,18+/m1/s1. The van der Waals surface area contributed by atoms with Gasteiger partial charge < -0.3 is 15.0 Å². The minimum Gasteiger partial charge on any atom is -0.356 e. The monoisotopic (exact) mass is 371 g/mol. The SMILES string of the molecule is Cc1ccsc1CNC(=O)[C@H]1OCC(=O)N(C2CC2)[C@@H]1c1cccnc1. The predicted molar refractivity (Wildman–Crippen MR) is 97.5 cm³/mol. The zero-order valence-corrected chi connectivity index (χ0v) is 15.4. The molecule has 4 rings (SSSR count). The molecule has 0 radical (unpaired) electrons. The average Bonchev–Trinajstić information content (AvgIpc) is 3.41. The number of morpholine rings is 1. The number of carbonyl (C=O) groups excluding carboxylic acids is 2. The summed E-state index contributed by atoms with van der Waals surface area (Å²) in [5, 5.41) is 4.99. The van der Waals surface area contributed by atoms with Crippen LogP contribution in [0.4, 0.5) is 0 Å². The van der Waals surface area contributed by atoms with Crippen LogP contribution < -0.4 is 5.32 Å². The lowest BCUT2D eigenvalue weighted by atomic mass is 9.98. The molecule has 0 bridgehead atoms. The van der Waals surface area contributed by atoms with Gasteiger partial charge in [0.2, 0.25) is 5.91 Å². The van der Waals surface area contributed by atoms with Crippen molar-refractivity contribution in [3.05, 3.63) is 52.0 Å². The highest BCUT2D eigenvalue weighted by Crippen LogP contribution is 2.39. The Kier molecular flexibility index (Phi) is 4.74. The largest absolute Gasteiger partial charge is 0.356 e. The van der Waals surface area contributed by atoms with Gasteiger partial charge in [0.05, 0.1) is 12.6 Å². The Morgan fingerprint density at radius 1 is 1.42 bits per heavy atom. The molecule has 0 unspecified atom stereocenters. The van der Waals surface area contributed by atoms with Crippen LogP contribution in [0.1, 0.15) is 34.9 Å². The Bertz CT molecular complexity index is 803. The maximum atomic E-state index is 12.9. The van der Waals surface area contributed by atoms with Crippen molar-refractivity contribution in [1.29, 1.82) is 0 Å². The first-order valence-electron chi connectivity index (χ1n) is 8.78. The fourth-order valence-electron chi connectivity index (χ4n) is 3.37. The molecule has 2 aliphatic rings. The zero-order chi connectivity index (χ0) is 18.1. The van der Waals surface area contributed by atoms with Gasteiger partial charge in [-0.15, -0.1) is 11.3 Å². The summed E-state index contributed by atoms with van der Waals surface area (Å²) < 4.78 is 5.70. The number of nitrogens with zero attached hydrogens (tertiary/aromatic N) is 2. The molecule has 1 saturated heterocycles. The molecule has 1 aliphatic carbocycles. The van der Waals surface area contributed by atoms with Crippen molar-refractivity contribution in [2.75, 3.05) is 6.61 Å². The lowest BCUT2D eigenvalue weighted by molar-refractivity contribution is -0.165. The van der Waals surface area contributed by atoms with E-state index in [2.05, 4.69) is 10.3 Å². The predicted octanol–water partition coefficient (Wildman–Crippen LogP) is 2.20. The molecule has 136 valence electrons. The molecule has 3 heterocycles. The van der Waals surface area contributed by atoms with Crippen LogP contribution in [0, 0.1) is 6.92 Å². The molecule has 0 aromatic carbocycles. The van der Waals surface area contributed by atoms with E-state index in [-0.39, 0.29) is 24.5 Å². The fourth-order valence-corrected chi connectivity index (χ4v) is 4.22. The van der Waals surface area contributed by atoms with E-state index in [1.807, 2.05) is 35.4 Å². The van der Waals surface area contributed by atoms with Gasteiger partial charge in [0, 0.05) is 23.3 Å². The highest BCUT2D eigenvalue weighted by atomic mass is 32.1. The molecule has 7 heteroatoms. The van der Waals surface area contributed by atoms with Crippen molar-refractivity contribution >= 4 is 23.2 Å². The topological polar surface area (TPSA) is 71.5 Å². The summed E-state index contributed by atoms with van der Waals surface area (Å²) in [6.07, 6.45) is 4.63. The van der Waals surface area contributed by atoms with Crippen molar-refractivity contribution < 1.29 is 14.3 Å². The average molecular weight is 371 g/mol. The lowest BCUT2D eigenvalue weighted by Gasteiger charge is -2.40. The highest BCUT2D eigenvalue weighted by Gasteiger charge is 2.47. The minimum atomic E-state index is -0.724. The van der Waals surface area contributed by atoms with Crippen molar-refractivity contribution in [3.63, 3.8) is 0 Å². The fraction of sp³-hybridized carbons (Fsp3) is 0.421. The summed E-state index contributed by atoms with van der Waals surface area (Å²) in [6, 6.07) is 5.53. The lowest BCUT2D eigenvalue weighted by Crippen LogP contribution is -2.55. The second-order valence-electron chi connectivity index (χ2n) is 6.74. The second kappa shape index (κ2) is 7.17. The van der Waals surface area contributed by atoms with Crippen molar-refractivity contribution in [2.45, 2.75) is 44.5 Å². The van der Waals surface area contributed by atoms with Crippen molar-refractivity contribution in [2.24, 2.45) is 0 Å². The van der Waals surface area contributed by atoms with Gasteiger partial charge in [-0.25, -0.2) is 0 Å². The van der Waals surface area contributed by atoms with Gasteiger partial charge in [0.15, 0.2) is 6.10 Å². The first-order chi connectivity index (χ1) is 12.6. The Labute approximate surface area is 156 Å².